The summed E-state index contributed by atoms with van der Waals surface area (Å²) in [5, 5.41) is 10.4. The van der Waals surface area contributed by atoms with Crippen LogP contribution in [0.3, 0.4) is 0 Å². The number of ketones is 1. The Bertz CT molecular complexity index is 490. The number of benzene rings is 1. The van der Waals surface area contributed by atoms with E-state index >= 15 is 0 Å². The van der Waals surface area contributed by atoms with E-state index in [1.165, 1.54) is 6.92 Å². The van der Waals surface area contributed by atoms with Crippen LogP contribution in [0.5, 0.6) is 5.75 Å². The molecule has 1 rings (SSSR count). The van der Waals surface area contributed by atoms with Gasteiger partial charge in [0.2, 0.25) is 5.82 Å². The zero-order chi connectivity index (χ0) is 13.9. The van der Waals surface area contributed by atoms with Crippen LogP contribution in [0.2, 0.25) is 0 Å². The average molecular weight is 259 g/mol. The van der Waals surface area contributed by atoms with E-state index in [1.54, 1.807) is 6.92 Å². The standard InChI is InChI=1S/C11H11F2NO4/c1-3-10(15)6(2)18-11-5-7(12)9(14(16)17)4-8(11)13/h4-6H,3H2,1-2H3. The predicted molar refractivity (Wildman–Crippen MR) is 58.4 cm³/mol. The minimum Gasteiger partial charge on any atom is -0.480 e. The van der Waals surface area contributed by atoms with E-state index in [0.717, 1.165) is 0 Å². The second kappa shape index (κ2) is 5.52. The summed E-state index contributed by atoms with van der Waals surface area (Å²) in [5.74, 6) is -3.10. The number of halogens is 2. The van der Waals surface area contributed by atoms with Crippen LogP contribution in [0.1, 0.15) is 20.3 Å². The number of hydrogen-bond donors (Lipinski definition) is 0. The molecular formula is C11H11F2NO4. The normalized spacial score (nSPS) is 12.0. The van der Waals surface area contributed by atoms with E-state index < -0.39 is 34.1 Å². The van der Waals surface area contributed by atoms with Gasteiger partial charge in [0.15, 0.2) is 23.5 Å². The first-order valence-electron chi connectivity index (χ1n) is 5.19. The van der Waals surface area contributed by atoms with Crippen molar-refractivity contribution < 1.29 is 23.2 Å². The van der Waals surface area contributed by atoms with E-state index in [0.29, 0.717) is 12.1 Å². The topological polar surface area (TPSA) is 69.4 Å². The van der Waals surface area contributed by atoms with Crippen molar-refractivity contribution >= 4 is 11.5 Å². The first-order valence-corrected chi connectivity index (χ1v) is 5.19. The van der Waals surface area contributed by atoms with Crippen LogP contribution in [0.4, 0.5) is 14.5 Å². The molecule has 1 aromatic carbocycles. The molecule has 1 unspecified atom stereocenters. The summed E-state index contributed by atoms with van der Waals surface area (Å²) in [6, 6.07) is 0.987. The van der Waals surface area contributed by atoms with E-state index in [9.17, 15) is 23.7 Å². The number of nitrogens with zero attached hydrogens (tertiary/aromatic N) is 1. The Labute approximate surface area is 102 Å². The average Bonchev–Trinajstić information content (AvgIpc) is 2.31. The number of Topliss-reactive ketones (excluding diaryl/α,β-unsaturated/α-hetero) is 1. The van der Waals surface area contributed by atoms with E-state index in [2.05, 4.69) is 0 Å². The molecule has 0 heterocycles. The highest BCUT2D eigenvalue weighted by molar-refractivity contribution is 5.82. The van der Waals surface area contributed by atoms with Gasteiger partial charge in [0.05, 0.1) is 11.0 Å². The molecule has 0 aliphatic rings. The van der Waals surface area contributed by atoms with Gasteiger partial charge >= 0.3 is 5.69 Å². The van der Waals surface area contributed by atoms with Crippen molar-refractivity contribution in [2.75, 3.05) is 0 Å². The zero-order valence-corrected chi connectivity index (χ0v) is 9.78. The van der Waals surface area contributed by atoms with Gasteiger partial charge in [-0.25, -0.2) is 4.39 Å². The van der Waals surface area contributed by atoms with Crippen molar-refractivity contribution in [3.05, 3.63) is 33.9 Å². The van der Waals surface area contributed by atoms with Gasteiger partial charge in [-0.1, -0.05) is 6.92 Å². The van der Waals surface area contributed by atoms with Crippen molar-refractivity contribution in [1.82, 2.24) is 0 Å². The Morgan fingerprint density at radius 2 is 2.06 bits per heavy atom. The maximum atomic E-state index is 13.4. The Balaban J connectivity index is 3.02. The molecule has 0 N–H and O–H groups in total. The fourth-order valence-corrected chi connectivity index (χ4v) is 1.29. The molecule has 98 valence electrons. The van der Waals surface area contributed by atoms with Crippen molar-refractivity contribution in [3.63, 3.8) is 0 Å². The number of nitro benzene ring substituents is 1. The molecule has 18 heavy (non-hydrogen) atoms. The van der Waals surface area contributed by atoms with E-state index in [-0.39, 0.29) is 12.2 Å². The Hall–Kier alpha value is -2.05. The van der Waals surface area contributed by atoms with Crippen LogP contribution < -0.4 is 4.74 Å². The van der Waals surface area contributed by atoms with Crippen molar-refractivity contribution in [3.8, 4) is 5.75 Å². The molecule has 0 radical (unpaired) electrons. The fraction of sp³-hybridized carbons (Fsp3) is 0.364. The third kappa shape index (κ3) is 2.99. The molecule has 5 nitrogen and oxygen atoms in total. The van der Waals surface area contributed by atoms with Crippen LogP contribution in [-0.2, 0) is 4.79 Å². The van der Waals surface area contributed by atoms with Crippen molar-refractivity contribution in [2.45, 2.75) is 26.4 Å². The number of ether oxygens (including phenoxy) is 1. The zero-order valence-electron chi connectivity index (χ0n) is 9.78. The summed E-state index contributed by atoms with van der Waals surface area (Å²) < 4.78 is 31.6. The Morgan fingerprint density at radius 1 is 1.44 bits per heavy atom. The van der Waals surface area contributed by atoms with Crippen LogP contribution in [0.15, 0.2) is 12.1 Å². The summed E-state index contributed by atoms with van der Waals surface area (Å²) in [4.78, 5) is 20.6. The maximum Gasteiger partial charge on any atom is 0.307 e. The summed E-state index contributed by atoms with van der Waals surface area (Å²) in [7, 11) is 0. The summed E-state index contributed by atoms with van der Waals surface area (Å²) in [5.41, 5.74) is -0.977. The smallest absolute Gasteiger partial charge is 0.307 e. The molecule has 1 atom stereocenters. The summed E-state index contributed by atoms with van der Waals surface area (Å²) >= 11 is 0. The molecule has 0 saturated heterocycles. The first kappa shape index (κ1) is 14.0. The van der Waals surface area contributed by atoms with Crippen molar-refractivity contribution in [1.29, 1.82) is 0 Å². The van der Waals surface area contributed by atoms with E-state index in [4.69, 9.17) is 4.74 Å². The highest BCUT2D eigenvalue weighted by Gasteiger charge is 2.21. The van der Waals surface area contributed by atoms with Crippen LogP contribution >= 0.6 is 0 Å². The lowest BCUT2D eigenvalue weighted by molar-refractivity contribution is -0.387. The SMILES string of the molecule is CCC(=O)C(C)Oc1cc(F)c([N+](=O)[O-])cc1F. The molecule has 0 amide bonds. The molecule has 0 fully saturated rings. The minimum absolute atomic E-state index is 0.193. The van der Waals surface area contributed by atoms with Crippen molar-refractivity contribution in [2.24, 2.45) is 0 Å². The molecule has 7 heteroatoms. The highest BCUT2D eigenvalue weighted by Crippen LogP contribution is 2.27. The molecule has 0 aliphatic carbocycles. The van der Waals surface area contributed by atoms with Crippen LogP contribution in [0, 0.1) is 21.7 Å². The van der Waals surface area contributed by atoms with Gasteiger partial charge in [0.25, 0.3) is 0 Å². The summed E-state index contributed by atoms with van der Waals surface area (Å²) in [6.45, 7) is 3.00. The third-order valence-electron chi connectivity index (χ3n) is 2.30. The molecular weight excluding hydrogens is 248 g/mol. The highest BCUT2D eigenvalue weighted by atomic mass is 19.1. The lowest BCUT2D eigenvalue weighted by Crippen LogP contribution is -2.23. The molecule has 1 aromatic rings. The van der Waals surface area contributed by atoms with Gasteiger partial charge in [0, 0.05) is 12.5 Å². The number of carbonyl (C=O) groups is 1. The fourth-order valence-electron chi connectivity index (χ4n) is 1.29. The van der Waals surface area contributed by atoms with Gasteiger partial charge in [0.1, 0.15) is 0 Å². The molecule has 0 saturated carbocycles. The van der Waals surface area contributed by atoms with Gasteiger partial charge in [-0.3, -0.25) is 14.9 Å². The second-order valence-corrected chi connectivity index (χ2v) is 3.57. The van der Waals surface area contributed by atoms with Gasteiger partial charge in [-0.05, 0) is 6.92 Å². The number of nitro groups is 1. The van der Waals surface area contributed by atoms with Crippen LogP contribution in [-0.4, -0.2) is 16.8 Å². The molecule has 0 aromatic heterocycles. The number of rotatable bonds is 5. The third-order valence-corrected chi connectivity index (χ3v) is 2.30. The monoisotopic (exact) mass is 259 g/mol. The maximum absolute atomic E-state index is 13.4. The number of carbonyl (C=O) groups excluding carboxylic acids is 1. The van der Waals surface area contributed by atoms with Gasteiger partial charge in [-0.15, -0.1) is 0 Å². The van der Waals surface area contributed by atoms with E-state index in [1.807, 2.05) is 0 Å². The summed E-state index contributed by atoms with van der Waals surface area (Å²) in [6.07, 6.45) is -0.747. The second-order valence-electron chi connectivity index (χ2n) is 3.57. The minimum atomic E-state index is -1.22. The molecule has 0 spiro atoms. The molecule has 0 aliphatic heterocycles. The van der Waals surface area contributed by atoms with Crippen LogP contribution in [0.25, 0.3) is 0 Å². The Kier molecular flexibility index (Phi) is 4.30. The first-order chi connectivity index (χ1) is 8.36. The predicted octanol–water partition coefficient (Wildman–Crippen LogP) is 2.62. The number of hydrogen-bond acceptors (Lipinski definition) is 4. The van der Waals surface area contributed by atoms with Gasteiger partial charge < -0.3 is 4.74 Å². The quantitative estimate of drug-likeness (QED) is 0.602. The van der Waals surface area contributed by atoms with Gasteiger partial charge in [-0.2, -0.15) is 4.39 Å². The molecule has 0 bridgehead atoms. The lowest BCUT2D eigenvalue weighted by atomic mass is 10.2. The lowest BCUT2D eigenvalue weighted by Gasteiger charge is -2.13. The Morgan fingerprint density at radius 3 is 2.56 bits per heavy atom. The largest absolute Gasteiger partial charge is 0.480 e.